The lowest BCUT2D eigenvalue weighted by Gasteiger charge is -2.33. The van der Waals surface area contributed by atoms with Crippen molar-refractivity contribution < 1.29 is 14.6 Å². The van der Waals surface area contributed by atoms with E-state index in [9.17, 15) is 9.90 Å². The summed E-state index contributed by atoms with van der Waals surface area (Å²) in [6.07, 6.45) is 7.03. The molecule has 3 aromatic rings. The molecule has 5 nitrogen and oxygen atoms in total. The Morgan fingerprint density at radius 3 is 2.54 bits per heavy atom. The molecule has 0 aliphatic carbocycles. The van der Waals surface area contributed by atoms with Crippen LogP contribution >= 0.6 is 11.6 Å². The number of piperidine rings is 1. The van der Waals surface area contributed by atoms with Gasteiger partial charge < -0.3 is 19.6 Å². The Balaban J connectivity index is 1.11. The maximum Gasteiger partial charge on any atom is 0.246 e. The van der Waals surface area contributed by atoms with Gasteiger partial charge in [-0.1, -0.05) is 54.1 Å². The lowest BCUT2D eigenvalue weighted by Crippen LogP contribution is -2.40. The van der Waals surface area contributed by atoms with E-state index < -0.39 is 6.10 Å². The molecule has 2 aliphatic heterocycles. The number of likely N-dealkylation sites (tertiary alicyclic amines) is 2. The van der Waals surface area contributed by atoms with Crippen LogP contribution in [-0.2, 0) is 4.79 Å². The second kappa shape index (κ2) is 12.1. The van der Waals surface area contributed by atoms with Gasteiger partial charge in [-0.25, -0.2) is 0 Å². The van der Waals surface area contributed by atoms with Gasteiger partial charge in [0.15, 0.2) is 0 Å². The topological polar surface area (TPSA) is 53.0 Å². The molecule has 1 amide bonds. The zero-order valence-electron chi connectivity index (χ0n) is 21.2. The first-order chi connectivity index (χ1) is 18.0. The SMILES string of the molecule is O=C(C=Cc1cc(Cl)ccc1OCC(O)CN1CCC(c2ccc3ccccc3c2)CC1)N1CCCC1. The molecule has 0 spiro atoms. The minimum Gasteiger partial charge on any atom is -0.490 e. The van der Waals surface area contributed by atoms with Gasteiger partial charge in [0.05, 0.1) is 0 Å². The average molecular weight is 519 g/mol. The molecule has 2 heterocycles. The summed E-state index contributed by atoms with van der Waals surface area (Å²) in [4.78, 5) is 16.6. The minimum atomic E-state index is -0.601. The van der Waals surface area contributed by atoms with Crippen molar-refractivity contribution >= 4 is 34.4 Å². The number of fused-ring (bicyclic) bond motifs is 1. The number of halogens is 1. The van der Waals surface area contributed by atoms with Crippen LogP contribution in [0.15, 0.2) is 66.7 Å². The number of aliphatic hydroxyl groups is 1. The highest BCUT2D eigenvalue weighted by Crippen LogP contribution is 2.30. The highest BCUT2D eigenvalue weighted by atomic mass is 35.5. The lowest BCUT2D eigenvalue weighted by atomic mass is 9.88. The molecule has 0 bridgehead atoms. The summed E-state index contributed by atoms with van der Waals surface area (Å²) in [5.74, 6) is 1.18. The molecule has 2 aliphatic rings. The van der Waals surface area contributed by atoms with Gasteiger partial charge in [0.2, 0.25) is 5.91 Å². The van der Waals surface area contributed by atoms with Crippen molar-refractivity contribution in [2.24, 2.45) is 0 Å². The van der Waals surface area contributed by atoms with Gasteiger partial charge >= 0.3 is 0 Å². The number of rotatable bonds is 8. The van der Waals surface area contributed by atoms with E-state index in [1.165, 1.54) is 16.3 Å². The van der Waals surface area contributed by atoms with Crippen LogP contribution in [0, 0.1) is 0 Å². The van der Waals surface area contributed by atoms with Crippen LogP contribution in [-0.4, -0.2) is 66.2 Å². The highest BCUT2D eigenvalue weighted by molar-refractivity contribution is 6.30. The molecule has 2 fully saturated rings. The van der Waals surface area contributed by atoms with Crippen LogP contribution in [0.2, 0.25) is 5.02 Å². The molecule has 2 saturated heterocycles. The summed E-state index contributed by atoms with van der Waals surface area (Å²) >= 11 is 6.19. The van der Waals surface area contributed by atoms with E-state index in [1.807, 2.05) is 4.90 Å². The van der Waals surface area contributed by atoms with E-state index >= 15 is 0 Å². The van der Waals surface area contributed by atoms with Crippen molar-refractivity contribution in [3.63, 3.8) is 0 Å². The molecule has 1 unspecified atom stereocenters. The third-order valence-electron chi connectivity index (χ3n) is 7.53. The number of hydrogen-bond acceptors (Lipinski definition) is 4. The molecular formula is C31H35ClN2O3. The minimum absolute atomic E-state index is 0.00977. The largest absolute Gasteiger partial charge is 0.490 e. The molecule has 37 heavy (non-hydrogen) atoms. The summed E-state index contributed by atoms with van der Waals surface area (Å²) in [5, 5.41) is 13.9. The number of aliphatic hydroxyl groups excluding tert-OH is 1. The van der Waals surface area contributed by atoms with Crippen molar-refractivity contribution in [1.82, 2.24) is 9.80 Å². The highest BCUT2D eigenvalue weighted by Gasteiger charge is 2.23. The maximum atomic E-state index is 12.4. The molecule has 3 aromatic carbocycles. The van der Waals surface area contributed by atoms with Crippen molar-refractivity contribution in [3.05, 3.63) is 82.9 Å². The Morgan fingerprint density at radius 2 is 1.76 bits per heavy atom. The number of nitrogens with zero attached hydrogens (tertiary/aromatic N) is 2. The summed E-state index contributed by atoms with van der Waals surface area (Å²) in [6.45, 7) is 4.32. The number of benzene rings is 3. The van der Waals surface area contributed by atoms with Crippen LogP contribution in [0.4, 0.5) is 0 Å². The number of amides is 1. The number of carbonyl (C=O) groups is 1. The third kappa shape index (κ3) is 6.72. The van der Waals surface area contributed by atoms with E-state index in [-0.39, 0.29) is 12.5 Å². The van der Waals surface area contributed by atoms with E-state index in [1.54, 1.807) is 30.4 Å². The van der Waals surface area contributed by atoms with Gasteiger partial charge in [-0.05, 0) is 85.3 Å². The average Bonchev–Trinajstić information content (AvgIpc) is 3.47. The van der Waals surface area contributed by atoms with Gasteiger partial charge in [-0.3, -0.25) is 4.79 Å². The Hall–Kier alpha value is -2.86. The van der Waals surface area contributed by atoms with Gasteiger partial charge in [0, 0.05) is 36.3 Å². The second-order valence-electron chi connectivity index (χ2n) is 10.2. The quantitative estimate of drug-likeness (QED) is 0.386. The smallest absolute Gasteiger partial charge is 0.246 e. The number of β-amino-alcohol motifs (C(OH)–C–C–N with tert-alkyl or cyclic N) is 1. The number of hydrogen-bond donors (Lipinski definition) is 1. The van der Waals surface area contributed by atoms with Gasteiger partial charge in [-0.2, -0.15) is 0 Å². The predicted octanol–water partition coefficient (Wildman–Crippen LogP) is 5.75. The summed E-state index contributed by atoms with van der Waals surface area (Å²) < 4.78 is 5.97. The zero-order valence-corrected chi connectivity index (χ0v) is 21.9. The van der Waals surface area contributed by atoms with Crippen LogP contribution in [0.3, 0.4) is 0 Å². The van der Waals surface area contributed by atoms with Crippen molar-refractivity contribution in [2.45, 2.75) is 37.7 Å². The zero-order chi connectivity index (χ0) is 25.6. The van der Waals surface area contributed by atoms with Crippen molar-refractivity contribution in [1.29, 1.82) is 0 Å². The van der Waals surface area contributed by atoms with E-state index in [0.29, 0.717) is 23.2 Å². The van der Waals surface area contributed by atoms with E-state index in [0.717, 1.165) is 57.4 Å². The summed E-state index contributed by atoms with van der Waals surface area (Å²) in [5.41, 5.74) is 2.15. The van der Waals surface area contributed by atoms with Crippen molar-refractivity contribution in [2.75, 3.05) is 39.3 Å². The molecule has 1 atom stereocenters. The fourth-order valence-corrected chi connectivity index (χ4v) is 5.61. The fourth-order valence-electron chi connectivity index (χ4n) is 5.43. The van der Waals surface area contributed by atoms with Gasteiger partial charge in [-0.15, -0.1) is 0 Å². The van der Waals surface area contributed by atoms with Crippen LogP contribution in [0.5, 0.6) is 5.75 Å². The normalized spacial score (nSPS) is 18.1. The molecule has 1 N–H and O–H groups in total. The first-order valence-electron chi connectivity index (χ1n) is 13.3. The van der Waals surface area contributed by atoms with E-state index in [4.69, 9.17) is 16.3 Å². The third-order valence-corrected chi connectivity index (χ3v) is 7.76. The van der Waals surface area contributed by atoms with Gasteiger partial charge in [0.25, 0.3) is 0 Å². The van der Waals surface area contributed by atoms with Crippen LogP contribution < -0.4 is 4.74 Å². The Bertz CT molecular complexity index is 1250. The van der Waals surface area contributed by atoms with Gasteiger partial charge in [0.1, 0.15) is 18.5 Å². The predicted molar refractivity (Wildman–Crippen MR) is 150 cm³/mol. The molecule has 6 heteroatoms. The molecule has 0 aromatic heterocycles. The number of carbonyl (C=O) groups excluding carboxylic acids is 1. The Labute approximate surface area is 224 Å². The molecule has 5 rings (SSSR count). The van der Waals surface area contributed by atoms with Crippen LogP contribution in [0.25, 0.3) is 16.8 Å². The fraction of sp³-hybridized carbons (Fsp3) is 0.387. The number of ether oxygens (including phenoxy) is 1. The summed E-state index contributed by atoms with van der Waals surface area (Å²) in [7, 11) is 0. The molecule has 194 valence electrons. The molecular weight excluding hydrogens is 484 g/mol. The Morgan fingerprint density at radius 1 is 1.00 bits per heavy atom. The Kier molecular flexibility index (Phi) is 8.45. The lowest BCUT2D eigenvalue weighted by molar-refractivity contribution is -0.124. The first kappa shape index (κ1) is 25.8. The molecule has 0 radical (unpaired) electrons. The molecule has 0 saturated carbocycles. The maximum absolute atomic E-state index is 12.4. The standard InChI is InChI=1S/C31H35ClN2O3/c32-28-10-11-30(27(20-28)9-12-31(36)34-15-3-4-16-34)37-22-29(35)21-33-17-13-24(14-18-33)26-8-7-23-5-1-2-6-25(23)19-26/h1-2,5-12,19-20,24,29,35H,3-4,13-18,21-22H2. The second-order valence-corrected chi connectivity index (χ2v) is 10.6. The van der Waals surface area contributed by atoms with Crippen LogP contribution in [0.1, 0.15) is 42.7 Å². The summed E-state index contributed by atoms with van der Waals surface area (Å²) in [6, 6.07) is 20.7. The van der Waals surface area contributed by atoms with Crippen molar-refractivity contribution in [3.8, 4) is 5.75 Å². The first-order valence-corrected chi connectivity index (χ1v) is 13.7. The monoisotopic (exact) mass is 518 g/mol. The van der Waals surface area contributed by atoms with E-state index in [2.05, 4.69) is 47.4 Å².